The highest BCUT2D eigenvalue weighted by Gasteiger charge is 2.45. The third kappa shape index (κ3) is 11.8. The number of fused-ring (bicyclic) bond motifs is 2. The van der Waals surface area contributed by atoms with Crippen LogP contribution in [0.5, 0.6) is 0 Å². The number of sulfonamides is 1. The molecule has 0 amide bonds. The van der Waals surface area contributed by atoms with Gasteiger partial charge in [-0.25, -0.2) is 13.6 Å². The summed E-state index contributed by atoms with van der Waals surface area (Å²) < 4.78 is 91.0. The molecule has 19 heteroatoms. The van der Waals surface area contributed by atoms with Crippen LogP contribution < -0.4 is 10.0 Å². The van der Waals surface area contributed by atoms with Crippen molar-refractivity contribution in [2.24, 2.45) is 5.14 Å². The molecule has 0 saturated heterocycles. The van der Waals surface area contributed by atoms with E-state index >= 15 is 0 Å². The predicted octanol–water partition coefficient (Wildman–Crippen LogP) is 5.87. The molecule has 3 heterocycles. The number of primary sulfonamides is 1. The minimum Gasteiger partial charge on any atom is -0.344 e. The Bertz CT molecular complexity index is 2640. The Hall–Kier alpha value is -4.21. The molecule has 1 aromatic heterocycles. The van der Waals surface area contributed by atoms with E-state index in [1.165, 1.54) is 6.07 Å². The van der Waals surface area contributed by atoms with E-state index in [1.54, 1.807) is 12.1 Å². The van der Waals surface area contributed by atoms with Crippen molar-refractivity contribution in [3.05, 3.63) is 106 Å². The maximum atomic E-state index is 12.6. The van der Waals surface area contributed by atoms with Gasteiger partial charge in [-0.05, 0) is 75.7 Å². The largest absolute Gasteiger partial charge is 0.344 e. The third-order valence-electron chi connectivity index (χ3n) is 10.8. The van der Waals surface area contributed by atoms with Crippen LogP contribution in [0.15, 0.2) is 93.9 Å². The molecule has 0 spiro atoms. The topological polar surface area (TPSA) is 221 Å². The number of nitrogens with two attached hydrogens (primary N) is 1. The van der Waals surface area contributed by atoms with Crippen molar-refractivity contribution in [1.29, 1.82) is 0 Å². The number of Topliss-reactive ketones (excluding diaryl/α,β-unsaturated/α-hetero) is 1. The van der Waals surface area contributed by atoms with E-state index in [1.807, 2.05) is 75.6 Å². The van der Waals surface area contributed by atoms with Crippen LogP contribution in [-0.4, -0.2) is 98.0 Å². The second kappa shape index (κ2) is 19.0. The fourth-order valence-corrected chi connectivity index (χ4v) is 10.4. The summed E-state index contributed by atoms with van der Waals surface area (Å²) in [6.07, 6.45) is 15.6. The number of hydrogen-bond acceptors (Lipinski definition) is 12. The first-order chi connectivity index (χ1) is 28.4. The number of rotatable bonds is 20. The summed E-state index contributed by atoms with van der Waals surface area (Å²) in [6.45, 7) is 12.8. The summed E-state index contributed by atoms with van der Waals surface area (Å²) in [5, 5.41) is 12.7. The SMILES string of the molecule is CCC[N+]1=C(C=CC=CC=CC=C2N(CCCS(=O)(=O)O)c3ccc(CN(C)CCCC(=O)Cc4nnc(S(N)(=O)=O)s4)cc3C2(C)C)C(C)(C)c2cc(S(=O)(=O)O)ccc21. The van der Waals surface area contributed by atoms with Crippen molar-refractivity contribution in [2.45, 2.75) is 93.3 Å². The summed E-state index contributed by atoms with van der Waals surface area (Å²) in [5.74, 6) is -0.434. The number of carbonyl (C=O) groups excluding carboxylic acids is 1. The molecule has 330 valence electrons. The number of aromatic nitrogens is 2. The Morgan fingerprint density at radius 1 is 0.918 bits per heavy atom. The quantitative estimate of drug-likeness (QED) is 0.0687. The average Bonchev–Trinajstić information content (AvgIpc) is 3.77. The van der Waals surface area contributed by atoms with Crippen molar-refractivity contribution < 1.29 is 43.7 Å². The monoisotopic (exact) mass is 915 g/mol. The second-order valence-electron chi connectivity index (χ2n) is 16.3. The Labute approximate surface area is 363 Å². The van der Waals surface area contributed by atoms with Crippen LogP contribution >= 0.6 is 11.3 Å². The molecule has 0 aliphatic carbocycles. The summed E-state index contributed by atoms with van der Waals surface area (Å²) >= 11 is 0.796. The first kappa shape index (κ1) is 47.8. The molecule has 0 atom stereocenters. The number of allylic oxidation sites excluding steroid dienone is 8. The lowest BCUT2D eigenvalue weighted by molar-refractivity contribution is -0.437. The van der Waals surface area contributed by atoms with Crippen LogP contribution in [0, 0.1) is 0 Å². The van der Waals surface area contributed by atoms with Crippen LogP contribution in [0.4, 0.5) is 11.4 Å². The molecule has 0 radical (unpaired) electrons. The molecular formula is C42H55N6O9S4+. The third-order valence-corrected chi connectivity index (χ3v) is 14.7. The zero-order chi connectivity index (χ0) is 45.0. The molecule has 2 aliphatic heterocycles. The van der Waals surface area contributed by atoms with Crippen LogP contribution in [0.25, 0.3) is 0 Å². The molecular weight excluding hydrogens is 861 g/mol. The highest BCUT2D eigenvalue weighted by Crippen LogP contribution is 2.48. The lowest BCUT2D eigenvalue weighted by Crippen LogP contribution is -2.28. The van der Waals surface area contributed by atoms with Crippen LogP contribution in [0.1, 0.15) is 82.0 Å². The van der Waals surface area contributed by atoms with Gasteiger partial charge >= 0.3 is 0 Å². The van der Waals surface area contributed by atoms with Crippen LogP contribution in [0.2, 0.25) is 0 Å². The zero-order valence-electron chi connectivity index (χ0n) is 35.3. The van der Waals surface area contributed by atoms with Crippen molar-refractivity contribution in [3.63, 3.8) is 0 Å². The number of carbonyl (C=O) groups is 1. The number of benzene rings is 2. The molecule has 15 nitrogen and oxygen atoms in total. The van der Waals surface area contributed by atoms with Gasteiger partial charge < -0.3 is 9.80 Å². The zero-order valence-corrected chi connectivity index (χ0v) is 38.5. The van der Waals surface area contributed by atoms with E-state index in [0.717, 1.165) is 63.8 Å². The van der Waals surface area contributed by atoms with E-state index in [0.29, 0.717) is 37.5 Å². The minimum absolute atomic E-state index is 0.00592. The van der Waals surface area contributed by atoms with Crippen molar-refractivity contribution in [2.75, 3.05) is 37.3 Å². The van der Waals surface area contributed by atoms with E-state index in [4.69, 9.17) is 5.14 Å². The fraction of sp³-hybridized carbons (Fsp3) is 0.429. The number of hydrogen-bond donors (Lipinski definition) is 3. The Balaban J connectivity index is 1.27. The smallest absolute Gasteiger partial charge is 0.294 e. The number of ketones is 1. The number of anilines is 1. The summed E-state index contributed by atoms with van der Waals surface area (Å²) in [4.78, 5) is 16.7. The first-order valence-corrected chi connectivity index (χ1v) is 25.3. The standard InChI is InChI=1S/C42H54N6O9S4/c1-7-22-47-36-21-19-32(61(55,56)57)28-34(36)42(4,5)37(47)16-11-9-8-10-12-17-38-41(2,3)33-26-30(18-20-35(33)48(38)24-14-25-59(50,51)52)29-46(6)23-13-15-31(49)27-39-44-45-40(58-39)60(43,53)54/h8-12,16-21,26,28H,7,13-15,22-25,27,29H2,1-6H3,(H3-,43,50,51,52,53,54,55,56,57)/p+1. The summed E-state index contributed by atoms with van der Waals surface area (Å²) in [7, 11) is -10.5. The Morgan fingerprint density at radius 2 is 1.62 bits per heavy atom. The van der Waals surface area contributed by atoms with Gasteiger partial charge in [0, 0.05) is 60.4 Å². The minimum atomic E-state index is -4.35. The van der Waals surface area contributed by atoms with Gasteiger partial charge in [0.2, 0.25) is 10.0 Å². The lowest BCUT2D eigenvalue weighted by Gasteiger charge is -2.27. The molecule has 0 saturated carbocycles. The lowest BCUT2D eigenvalue weighted by atomic mass is 9.81. The van der Waals surface area contributed by atoms with E-state index in [2.05, 4.69) is 51.4 Å². The Kier molecular flexibility index (Phi) is 14.9. The van der Waals surface area contributed by atoms with Crippen molar-refractivity contribution in [3.8, 4) is 0 Å². The average molecular weight is 916 g/mol. The van der Waals surface area contributed by atoms with Crippen LogP contribution in [-0.2, 0) is 58.8 Å². The molecule has 0 unspecified atom stereocenters. The predicted molar refractivity (Wildman–Crippen MR) is 238 cm³/mol. The van der Waals surface area contributed by atoms with Crippen LogP contribution in [0.3, 0.4) is 0 Å². The van der Waals surface area contributed by atoms with Gasteiger partial charge in [-0.2, -0.15) is 21.4 Å². The van der Waals surface area contributed by atoms with Gasteiger partial charge in [-0.1, -0.05) is 74.6 Å². The highest BCUT2D eigenvalue weighted by atomic mass is 32.2. The van der Waals surface area contributed by atoms with Gasteiger partial charge in [0.1, 0.15) is 17.3 Å². The summed E-state index contributed by atoms with van der Waals surface area (Å²) in [5.41, 5.74) is 5.84. The van der Waals surface area contributed by atoms with E-state index in [9.17, 15) is 39.2 Å². The molecule has 0 fully saturated rings. The molecule has 2 aromatic carbocycles. The fourth-order valence-electron chi connectivity index (χ4n) is 7.85. The molecule has 61 heavy (non-hydrogen) atoms. The van der Waals surface area contributed by atoms with Gasteiger partial charge in [-0.3, -0.25) is 13.9 Å². The Morgan fingerprint density at radius 3 is 2.28 bits per heavy atom. The molecule has 5 rings (SSSR count). The molecule has 0 bridgehead atoms. The van der Waals surface area contributed by atoms with Gasteiger partial charge in [0.05, 0.1) is 22.5 Å². The van der Waals surface area contributed by atoms with Gasteiger partial charge in [0.15, 0.2) is 5.71 Å². The summed E-state index contributed by atoms with van der Waals surface area (Å²) in [6, 6.07) is 11.0. The number of nitrogens with zero attached hydrogens (tertiary/aromatic N) is 5. The van der Waals surface area contributed by atoms with Gasteiger partial charge in [0.25, 0.3) is 30.3 Å². The maximum absolute atomic E-state index is 12.6. The molecule has 4 N–H and O–H groups in total. The van der Waals surface area contributed by atoms with Crippen molar-refractivity contribution >= 4 is 64.5 Å². The van der Waals surface area contributed by atoms with E-state index in [-0.39, 0.29) is 33.6 Å². The second-order valence-corrected chi connectivity index (χ2v) is 22.1. The molecule has 2 aliphatic rings. The van der Waals surface area contributed by atoms with E-state index < -0.39 is 41.1 Å². The van der Waals surface area contributed by atoms with Gasteiger partial charge in [-0.15, -0.1) is 10.2 Å². The van der Waals surface area contributed by atoms with Crippen molar-refractivity contribution in [1.82, 2.24) is 15.1 Å². The maximum Gasteiger partial charge on any atom is 0.294 e. The highest BCUT2D eigenvalue weighted by molar-refractivity contribution is 7.91. The normalized spacial score (nSPS) is 17.2. The first-order valence-electron chi connectivity index (χ1n) is 19.8. The molecule has 3 aromatic rings.